The van der Waals surface area contributed by atoms with Crippen molar-refractivity contribution in [2.24, 2.45) is 0 Å². The average molecular weight is 420 g/mol. The minimum absolute atomic E-state index is 0.0495. The molecule has 2 heterocycles. The molecule has 0 saturated carbocycles. The van der Waals surface area contributed by atoms with Crippen LogP contribution in [0, 0.1) is 0 Å². The van der Waals surface area contributed by atoms with Crippen LogP contribution in [0.15, 0.2) is 54.7 Å². The van der Waals surface area contributed by atoms with Gasteiger partial charge in [0, 0.05) is 16.8 Å². The second kappa shape index (κ2) is 8.31. The molecule has 0 saturated heterocycles. The van der Waals surface area contributed by atoms with Crippen LogP contribution >= 0.6 is 0 Å². The van der Waals surface area contributed by atoms with E-state index in [-0.39, 0.29) is 12.3 Å². The van der Waals surface area contributed by atoms with E-state index in [0.717, 1.165) is 5.56 Å². The maximum Gasteiger partial charge on any atom is 0.337 e. The van der Waals surface area contributed by atoms with Gasteiger partial charge in [0.15, 0.2) is 0 Å². The topological polar surface area (TPSA) is 112 Å². The van der Waals surface area contributed by atoms with Crippen molar-refractivity contribution < 1.29 is 23.9 Å². The lowest BCUT2D eigenvalue weighted by molar-refractivity contribution is -0.125. The fourth-order valence-electron chi connectivity index (χ4n) is 3.47. The number of anilines is 2. The number of aromatic nitrogens is 2. The fourth-order valence-corrected chi connectivity index (χ4v) is 3.47. The zero-order valence-electron chi connectivity index (χ0n) is 16.9. The van der Waals surface area contributed by atoms with Crippen LogP contribution in [-0.4, -0.2) is 41.8 Å². The Bertz CT molecular complexity index is 1150. The number of hydrogen-bond donors (Lipinski definition) is 2. The Balaban J connectivity index is 1.61. The number of carbonyl (C=O) groups excluding carboxylic acids is 3. The van der Waals surface area contributed by atoms with Crippen molar-refractivity contribution in [2.45, 2.75) is 12.5 Å². The third-order valence-corrected chi connectivity index (χ3v) is 5.00. The number of fused-ring (bicyclic) bond motifs is 1. The molecular formula is C22H20N4O5. The van der Waals surface area contributed by atoms with Crippen LogP contribution < -0.4 is 15.4 Å². The molecule has 158 valence electrons. The van der Waals surface area contributed by atoms with Gasteiger partial charge in [0.05, 0.1) is 32.4 Å². The molecule has 0 unspecified atom stereocenters. The summed E-state index contributed by atoms with van der Waals surface area (Å²) in [6, 6.07) is 12.8. The molecule has 0 aliphatic carbocycles. The van der Waals surface area contributed by atoms with Crippen molar-refractivity contribution in [3.8, 4) is 16.9 Å². The molecule has 1 atom stereocenters. The fraction of sp³-hybridized carbons (Fsp3) is 0.182. The Morgan fingerprint density at radius 3 is 2.55 bits per heavy atom. The second-order valence-electron chi connectivity index (χ2n) is 6.88. The van der Waals surface area contributed by atoms with Crippen LogP contribution in [0.2, 0.25) is 0 Å². The van der Waals surface area contributed by atoms with Crippen molar-refractivity contribution in [2.75, 3.05) is 24.9 Å². The highest BCUT2D eigenvalue weighted by molar-refractivity contribution is 6.03. The summed E-state index contributed by atoms with van der Waals surface area (Å²) in [4.78, 5) is 36.9. The molecule has 1 aliphatic rings. The van der Waals surface area contributed by atoms with Crippen LogP contribution in [0.5, 0.6) is 5.75 Å². The van der Waals surface area contributed by atoms with E-state index in [0.29, 0.717) is 28.4 Å². The number of amides is 2. The molecule has 0 radical (unpaired) electrons. The summed E-state index contributed by atoms with van der Waals surface area (Å²) in [6.45, 7) is 0. The highest BCUT2D eigenvalue weighted by Gasteiger charge is 2.33. The van der Waals surface area contributed by atoms with Gasteiger partial charge in [0.1, 0.15) is 17.6 Å². The lowest BCUT2D eigenvalue weighted by Crippen LogP contribution is -2.35. The van der Waals surface area contributed by atoms with Crippen molar-refractivity contribution >= 4 is 29.3 Å². The summed E-state index contributed by atoms with van der Waals surface area (Å²) in [5.74, 6) is -0.0828. The number of esters is 1. The van der Waals surface area contributed by atoms with Gasteiger partial charge in [-0.25, -0.2) is 9.48 Å². The number of para-hydroxylation sites is 1. The van der Waals surface area contributed by atoms with Crippen LogP contribution in [0.1, 0.15) is 22.8 Å². The van der Waals surface area contributed by atoms with Gasteiger partial charge in [-0.2, -0.15) is 5.10 Å². The number of nitrogens with zero attached hydrogens (tertiary/aromatic N) is 2. The van der Waals surface area contributed by atoms with E-state index >= 15 is 0 Å². The van der Waals surface area contributed by atoms with Gasteiger partial charge in [0.25, 0.3) is 0 Å². The quantitative estimate of drug-likeness (QED) is 0.614. The van der Waals surface area contributed by atoms with Gasteiger partial charge >= 0.3 is 5.97 Å². The molecule has 2 N–H and O–H groups in total. The van der Waals surface area contributed by atoms with E-state index in [4.69, 9.17) is 4.74 Å². The summed E-state index contributed by atoms with van der Waals surface area (Å²) >= 11 is 0. The van der Waals surface area contributed by atoms with Crippen LogP contribution in [0.4, 0.5) is 11.5 Å². The minimum atomic E-state index is -0.826. The third-order valence-electron chi connectivity index (χ3n) is 5.00. The van der Waals surface area contributed by atoms with Gasteiger partial charge in [-0.15, -0.1) is 0 Å². The number of ether oxygens (including phenoxy) is 2. The lowest BCUT2D eigenvalue weighted by Gasteiger charge is -2.24. The Morgan fingerprint density at radius 1 is 1.10 bits per heavy atom. The molecule has 1 aromatic heterocycles. The SMILES string of the molecule is COC(=O)c1ccc(NC(=O)[C@@H]2CC(=O)Nc3c(-c4ccccc4OC)cnn32)cc1. The van der Waals surface area contributed by atoms with Gasteiger partial charge in [0.2, 0.25) is 11.8 Å². The van der Waals surface area contributed by atoms with E-state index in [2.05, 4.69) is 20.5 Å². The Kier molecular flexibility index (Phi) is 5.40. The van der Waals surface area contributed by atoms with Gasteiger partial charge in [-0.1, -0.05) is 18.2 Å². The molecule has 31 heavy (non-hydrogen) atoms. The number of benzene rings is 2. The van der Waals surface area contributed by atoms with Gasteiger partial charge in [-0.3, -0.25) is 9.59 Å². The number of hydrogen-bond acceptors (Lipinski definition) is 6. The molecule has 2 amide bonds. The molecule has 9 heteroatoms. The maximum atomic E-state index is 13.0. The zero-order chi connectivity index (χ0) is 22.0. The Morgan fingerprint density at radius 2 is 1.84 bits per heavy atom. The van der Waals surface area contributed by atoms with E-state index in [9.17, 15) is 14.4 Å². The number of carbonyl (C=O) groups is 3. The van der Waals surface area contributed by atoms with Crippen LogP contribution in [0.3, 0.4) is 0 Å². The minimum Gasteiger partial charge on any atom is -0.496 e. The summed E-state index contributed by atoms with van der Waals surface area (Å²) in [7, 11) is 2.86. The molecule has 0 fully saturated rings. The lowest BCUT2D eigenvalue weighted by atomic mass is 10.1. The average Bonchev–Trinajstić information content (AvgIpc) is 3.21. The smallest absolute Gasteiger partial charge is 0.337 e. The predicted molar refractivity (Wildman–Crippen MR) is 113 cm³/mol. The number of nitrogens with one attached hydrogen (secondary N) is 2. The van der Waals surface area contributed by atoms with Crippen molar-refractivity contribution in [1.29, 1.82) is 0 Å². The largest absolute Gasteiger partial charge is 0.496 e. The molecule has 2 aromatic carbocycles. The summed E-state index contributed by atoms with van der Waals surface area (Å²) in [5.41, 5.74) is 2.27. The highest BCUT2D eigenvalue weighted by atomic mass is 16.5. The standard InChI is InChI=1S/C22H20N4O5/c1-30-18-6-4-3-5-15(18)16-12-23-26-17(11-19(27)25-20(16)26)21(28)24-14-9-7-13(8-10-14)22(29)31-2/h3-10,12,17H,11H2,1-2H3,(H,24,28)(H,25,27)/t17-/m0/s1. The van der Waals surface area contributed by atoms with E-state index < -0.39 is 17.9 Å². The van der Waals surface area contributed by atoms with Gasteiger partial charge < -0.3 is 20.1 Å². The molecule has 9 nitrogen and oxygen atoms in total. The normalized spacial score (nSPS) is 14.9. The first-order valence-corrected chi connectivity index (χ1v) is 9.51. The first-order valence-electron chi connectivity index (χ1n) is 9.51. The Labute approximate surface area is 178 Å². The monoisotopic (exact) mass is 420 g/mol. The van der Waals surface area contributed by atoms with Crippen molar-refractivity contribution in [3.63, 3.8) is 0 Å². The van der Waals surface area contributed by atoms with Crippen molar-refractivity contribution in [3.05, 3.63) is 60.3 Å². The van der Waals surface area contributed by atoms with Gasteiger partial charge in [-0.05, 0) is 30.3 Å². The van der Waals surface area contributed by atoms with Crippen LogP contribution in [0.25, 0.3) is 11.1 Å². The third kappa shape index (κ3) is 3.85. The highest BCUT2D eigenvalue weighted by Crippen LogP contribution is 2.38. The molecule has 3 aromatic rings. The van der Waals surface area contributed by atoms with E-state index in [1.165, 1.54) is 11.8 Å². The first-order chi connectivity index (χ1) is 15.0. The maximum absolute atomic E-state index is 13.0. The van der Waals surface area contributed by atoms with E-state index in [1.54, 1.807) is 37.6 Å². The zero-order valence-corrected chi connectivity index (χ0v) is 16.9. The first kappa shape index (κ1) is 20.1. The second-order valence-corrected chi connectivity index (χ2v) is 6.88. The Hall–Kier alpha value is -4.14. The van der Waals surface area contributed by atoms with E-state index in [1.807, 2.05) is 24.3 Å². The molecular weight excluding hydrogens is 400 g/mol. The molecule has 0 bridgehead atoms. The molecule has 0 spiro atoms. The number of rotatable bonds is 5. The van der Waals surface area contributed by atoms with Crippen LogP contribution in [-0.2, 0) is 14.3 Å². The summed E-state index contributed by atoms with van der Waals surface area (Å²) in [6.07, 6.45) is 1.55. The molecule has 1 aliphatic heterocycles. The van der Waals surface area contributed by atoms with Crippen molar-refractivity contribution in [1.82, 2.24) is 9.78 Å². The summed E-state index contributed by atoms with van der Waals surface area (Å²) in [5, 5.41) is 9.94. The summed E-state index contributed by atoms with van der Waals surface area (Å²) < 4.78 is 11.6. The molecule has 4 rings (SSSR count). The predicted octanol–water partition coefficient (Wildman–Crippen LogP) is 2.87. The number of methoxy groups -OCH3 is 2.